The number of nitrogens with zero attached hydrogens (tertiary/aromatic N) is 5. The number of anilines is 2. The van der Waals surface area contributed by atoms with E-state index in [2.05, 4.69) is 15.0 Å². The Morgan fingerprint density at radius 2 is 2.00 bits per heavy atom. The summed E-state index contributed by atoms with van der Waals surface area (Å²) in [7, 11) is 1.70. The topological polar surface area (TPSA) is 116 Å². The van der Waals surface area contributed by atoms with Gasteiger partial charge < -0.3 is 25.0 Å². The molecule has 10 nitrogen and oxygen atoms in total. The van der Waals surface area contributed by atoms with E-state index in [1.54, 1.807) is 24.1 Å². The first kappa shape index (κ1) is 22.5. The molecule has 0 saturated carbocycles. The van der Waals surface area contributed by atoms with Crippen LogP contribution >= 0.6 is 0 Å². The zero-order valence-corrected chi connectivity index (χ0v) is 19.6. The normalized spacial score (nSPS) is 22.9. The number of hydrogen-bond acceptors (Lipinski definition) is 7. The number of morpholine rings is 1. The molecule has 6 rings (SSSR count). The smallest absolute Gasteiger partial charge is 0.288 e. The number of carbonyl (C=O) groups excluding carboxylic acids is 2. The molecular weight excluding hydrogens is 467 g/mol. The van der Waals surface area contributed by atoms with Crippen molar-refractivity contribution in [3.8, 4) is 5.75 Å². The van der Waals surface area contributed by atoms with E-state index in [4.69, 9.17) is 15.2 Å². The second-order valence-corrected chi connectivity index (χ2v) is 9.35. The molecule has 2 saturated heterocycles. The highest BCUT2D eigenvalue weighted by atomic mass is 19.1. The summed E-state index contributed by atoms with van der Waals surface area (Å²) in [6.07, 6.45) is 1.26. The molecule has 0 radical (unpaired) electrons. The summed E-state index contributed by atoms with van der Waals surface area (Å²) in [5, 5.41) is 4.22. The van der Waals surface area contributed by atoms with E-state index in [-0.39, 0.29) is 42.6 Å². The number of fused-ring (bicyclic) bond motifs is 3. The molecular formula is C25H25FN6O4. The lowest BCUT2D eigenvalue weighted by molar-refractivity contribution is -0.120. The monoisotopic (exact) mass is 492 g/mol. The Balaban J connectivity index is 1.31. The lowest BCUT2D eigenvalue weighted by Crippen LogP contribution is -2.37. The lowest BCUT2D eigenvalue weighted by atomic mass is 10.1. The van der Waals surface area contributed by atoms with Crippen molar-refractivity contribution in [1.82, 2.24) is 14.8 Å². The largest absolute Gasteiger partial charge is 0.490 e. The third-order valence-corrected chi connectivity index (χ3v) is 7.05. The molecule has 0 unspecified atom stereocenters. The number of amides is 2. The molecule has 11 heteroatoms. The maximum Gasteiger partial charge on any atom is 0.288 e. The Morgan fingerprint density at radius 3 is 2.69 bits per heavy atom. The molecule has 2 bridgehead atoms. The molecule has 3 aromatic rings. The van der Waals surface area contributed by atoms with E-state index < -0.39 is 11.8 Å². The molecule has 2 fully saturated rings. The van der Waals surface area contributed by atoms with Crippen LogP contribution in [-0.2, 0) is 16.1 Å². The van der Waals surface area contributed by atoms with E-state index in [1.807, 2.05) is 18.2 Å². The fraction of sp³-hybridized carbons (Fsp3) is 0.360. The van der Waals surface area contributed by atoms with Crippen molar-refractivity contribution in [2.75, 3.05) is 36.6 Å². The summed E-state index contributed by atoms with van der Waals surface area (Å²) in [6, 6.07) is 12.1. The highest BCUT2D eigenvalue weighted by molar-refractivity contribution is 6.00. The predicted molar refractivity (Wildman–Crippen MR) is 128 cm³/mol. The van der Waals surface area contributed by atoms with Crippen molar-refractivity contribution in [3.63, 3.8) is 0 Å². The number of halogens is 1. The van der Waals surface area contributed by atoms with Gasteiger partial charge in [-0.3, -0.25) is 9.59 Å². The third kappa shape index (κ3) is 3.85. The van der Waals surface area contributed by atoms with Crippen LogP contribution in [0.5, 0.6) is 5.75 Å². The number of hydrogen-bond donors (Lipinski definition) is 1. The van der Waals surface area contributed by atoms with Crippen LogP contribution in [0.2, 0.25) is 0 Å². The fourth-order valence-electron chi connectivity index (χ4n) is 5.16. The van der Waals surface area contributed by atoms with Gasteiger partial charge >= 0.3 is 0 Å². The van der Waals surface area contributed by atoms with Gasteiger partial charge in [0.15, 0.2) is 0 Å². The lowest BCUT2D eigenvalue weighted by Gasteiger charge is -2.30. The van der Waals surface area contributed by atoms with Crippen LogP contribution in [0, 0.1) is 5.82 Å². The van der Waals surface area contributed by atoms with Crippen molar-refractivity contribution >= 4 is 23.2 Å². The minimum Gasteiger partial charge on any atom is -0.490 e. The van der Waals surface area contributed by atoms with Gasteiger partial charge in [0, 0.05) is 19.3 Å². The number of benzene rings is 2. The summed E-state index contributed by atoms with van der Waals surface area (Å²) in [4.78, 5) is 33.7. The number of likely N-dealkylation sites (N-methyl/N-ethyl adjacent to an activating group) is 1. The van der Waals surface area contributed by atoms with Crippen LogP contribution in [0.3, 0.4) is 0 Å². The van der Waals surface area contributed by atoms with Crippen LogP contribution in [0.1, 0.15) is 34.3 Å². The van der Waals surface area contributed by atoms with Gasteiger partial charge in [0.2, 0.25) is 11.7 Å². The Bertz CT molecular complexity index is 1340. The average Bonchev–Trinajstić information content (AvgIpc) is 3.60. The first-order valence-electron chi connectivity index (χ1n) is 11.8. The van der Waals surface area contributed by atoms with E-state index in [1.165, 1.54) is 16.8 Å². The minimum atomic E-state index is -0.830. The molecule has 3 aliphatic heterocycles. The number of ether oxygens (including phenoxy) is 2. The van der Waals surface area contributed by atoms with Crippen molar-refractivity contribution in [1.29, 1.82) is 0 Å². The number of primary amides is 1. The van der Waals surface area contributed by atoms with Crippen LogP contribution in [0.25, 0.3) is 0 Å². The van der Waals surface area contributed by atoms with Gasteiger partial charge in [-0.05, 0) is 42.3 Å². The second-order valence-electron chi connectivity index (χ2n) is 9.35. The number of nitrogens with two attached hydrogens (primary N) is 1. The van der Waals surface area contributed by atoms with E-state index >= 15 is 0 Å². The molecule has 2 amide bonds. The summed E-state index contributed by atoms with van der Waals surface area (Å²) in [5.41, 5.74) is 7.83. The minimum absolute atomic E-state index is 0.0120. The summed E-state index contributed by atoms with van der Waals surface area (Å²) in [6.45, 7) is 1.73. The van der Waals surface area contributed by atoms with E-state index in [0.717, 1.165) is 24.2 Å². The van der Waals surface area contributed by atoms with Gasteiger partial charge in [0.05, 0.1) is 31.0 Å². The van der Waals surface area contributed by atoms with Gasteiger partial charge in [0.25, 0.3) is 5.91 Å². The van der Waals surface area contributed by atoms with Crippen LogP contribution in [0.15, 0.2) is 42.5 Å². The van der Waals surface area contributed by atoms with Gasteiger partial charge in [0.1, 0.15) is 29.9 Å². The summed E-state index contributed by atoms with van der Waals surface area (Å²) in [5.74, 6) is -1.61. The average molecular weight is 493 g/mol. The summed E-state index contributed by atoms with van der Waals surface area (Å²) < 4.78 is 26.6. The highest BCUT2D eigenvalue weighted by Gasteiger charge is 2.40. The Labute approximate surface area is 206 Å². The molecule has 0 spiro atoms. The zero-order valence-electron chi connectivity index (χ0n) is 19.6. The van der Waals surface area contributed by atoms with Gasteiger partial charge in [-0.1, -0.05) is 12.1 Å². The number of carbonyl (C=O) groups is 2. The van der Waals surface area contributed by atoms with Crippen molar-refractivity contribution in [2.45, 2.75) is 31.0 Å². The Morgan fingerprint density at radius 1 is 1.19 bits per heavy atom. The molecule has 4 heterocycles. The van der Waals surface area contributed by atoms with E-state index in [9.17, 15) is 14.0 Å². The van der Waals surface area contributed by atoms with Crippen molar-refractivity contribution < 1.29 is 23.5 Å². The standard InChI is InChI=1S/C25H25FN6O4/c1-30-20-9-16(31-11-18-8-17(31)12-35-18)6-7-21(20)36-13-19(25(30)34)24-28-23(22(27)33)29-32(24)10-14-2-4-15(26)5-3-14/h2-7,9,17-19H,8,10-13H2,1H3,(H2,27,33)/t17-,18-,19+/m0/s1. The first-order valence-corrected chi connectivity index (χ1v) is 11.8. The molecule has 2 aromatic carbocycles. The molecule has 3 atom stereocenters. The third-order valence-electron chi connectivity index (χ3n) is 7.05. The fourth-order valence-corrected chi connectivity index (χ4v) is 5.16. The first-order chi connectivity index (χ1) is 17.4. The zero-order chi connectivity index (χ0) is 25.0. The van der Waals surface area contributed by atoms with Crippen molar-refractivity contribution in [2.24, 2.45) is 5.73 Å². The van der Waals surface area contributed by atoms with Crippen LogP contribution in [-0.4, -0.2) is 65.5 Å². The number of rotatable bonds is 5. The predicted octanol–water partition coefficient (Wildman–Crippen LogP) is 1.68. The quantitative estimate of drug-likeness (QED) is 0.576. The SMILES string of the molecule is CN1C(=O)[C@@H](c2nc(C(N)=O)nn2Cc2ccc(F)cc2)COc2ccc(N3C[C@@H]4C[C@H]3CO4)cc21. The second kappa shape index (κ2) is 8.59. The molecule has 36 heavy (non-hydrogen) atoms. The van der Waals surface area contributed by atoms with Gasteiger partial charge in [-0.15, -0.1) is 5.10 Å². The number of aromatic nitrogens is 3. The van der Waals surface area contributed by atoms with Crippen LogP contribution < -0.4 is 20.3 Å². The Kier molecular flexibility index (Phi) is 5.36. The molecule has 0 aliphatic carbocycles. The van der Waals surface area contributed by atoms with Gasteiger partial charge in [-0.25, -0.2) is 14.1 Å². The van der Waals surface area contributed by atoms with Crippen molar-refractivity contribution in [3.05, 3.63) is 65.5 Å². The Hall–Kier alpha value is -3.99. The van der Waals surface area contributed by atoms with Gasteiger partial charge in [-0.2, -0.15) is 0 Å². The maximum absolute atomic E-state index is 13.7. The maximum atomic E-state index is 13.7. The molecule has 2 N–H and O–H groups in total. The highest BCUT2D eigenvalue weighted by Crippen LogP contribution is 2.40. The van der Waals surface area contributed by atoms with Crippen LogP contribution in [0.4, 0.5) is 15.8 Å². The van der Waals surface area contributed by atoms with E-state index in [0.29, 0.717) is 24.1 Å². The molecule has 3 aliphatic rings. The summed E-state index contributed by atoms with van der Waals surface area (Å²) >= 11 is 0. The molecule has 1 aromatic heterocycles. The molecule has 186 valence electrons.